The summed E-state index contributed by atoms with van der Waals surface area (Å²) in [7, 11) is 0. The predicted octanol–water partition coefficient (Wildman–Crippen LogP) is 2.81. The minimum Gasteiger partial charge on any atom is -0.362 e. The normalized spacial score (nSPS) is 10.5. The van der Waals surface area contributed by atoms with Crippen LogP contribution in [0.3, 0.4) is 0 Å². The number of fused-ring (bicyclic) bond motifs is 1. The maximum atomic E-state index is 4.31. The quantitative estimate of drug-likeness (QED) is 0.940. The molecule has 4 nitrogen and oxygen atoms in total. The van der Waals surface area contributed by atoms with Crippen molar-refractivity contribution in [2.45, 2.75) is 0 Å². The Hall–Kier alpha value is -0.880. The first-order chi connectivity index (χ1) is 7.16. The maximum Gasteiger partial charge on any atom is 0.180 e. The summed E-state index contributed by atoms with van der Waals surface area (Å²) in [5.41, 5.74) is 0.798. The van der Waals surface area contributed by atoms with Gasteiger partial charge in [0.1, 0.15) is 4.60 Å². The molecule has 0 aliphatic carbocycles. The minimum absolute atomic E-state index is 0.617. The van der Waals surface area contributed by atoms with E-state index in [9.17, 15) is 0 Å². The van der Waals surface area contributed by atoms with Crippen molar-refractivity contribution in [2.75, 3.05) is 11.9 Å². The minimum atomic E-state index is 0.617. The average Bonchev–Trinajstić information content (AvgIpc) is 2.61. The van der Waals surface area contributed by atoms with Crippen LogP contribution in [-0.2, 0) is 0 Å². The van der Waals surface area contributed by atoms with Gasteiger partial charge in [-0.15, -0.1) is 0 Å². The van der Waals surface area contributed by atoms with Crippen molar-refractivity contribution in [3.8, 4) is 0 Å². The third-order valence-electron chi connectivity index (χ3n) is 1.79. The summed E-state index contributed by atoms with van der Waals surface area (Å²) < 4.78 is 3.53. The van der Waals surface area contributed by atoms with Crippen molar-refractivity contribution < 1.29 is 0 Å². The van der Waals surface area contributed by atoms with Crippen LogP contribution in [-0.4, -0.2) is 20.9 Å². The second kappa shape index (κ2) is 4.32. The van der Waals surface area contributed by atoms with Crippen molar-refractivity contribution in [1.82, 2.24) is 14.4 Å². The smallest absolute Gasteiger partial charge is 0.180 e. The Morgan fingerprint density at radius 2 is 2.40 bits per heavy atom. The van der Waals surface area contributed by atoms with Gasteiger partial charge in [0.15, 0.2) is 11.5 Å². The summed E-state index contributed by atoms with van der Waals surface area (Å²) in [4.78, 5) is 8.52. The number of hydrogen-bond acceptors (Lipinski definition) is 3. The van der Waals surface area contributed by atoms with Crippen LogP contribution in [0.5, 0.6) is 0 Å². The van der Waals surface area contributed by atoms with Gasteiger partial charge in [0.25, 0.3) is 0 Å². The molecule has 2 heterocycles. The largest absolute Gasteiger partial charge is 0.362 e. The second-order valence-corrected chi connectivity index (χ2v) is 4.88. The topological polar surface area (TPSA) is 42.2 Å². The fraction of sp³-hybridized carbons (Fsp3) is 0.111. The fourth-order valence-electron chi connectivity index (χ4n) is 1.20. The molecule has 0 aromatic carbocycles. The number of halogens is 2. The van der Waals surface area contributed by atoms with E-state index >= 15 is 0 Å². The Morgan fingerprint density at radius 3 is 3.13 bits per heavy atom. The van der Waals surface area contributed by atoms with Crippen LogP contribution in [0.4, 0.5) is 5.82 Å². The number of aromatic nitrogens is 3. The molecule has 0 atom stereocenters. The first kappa shape index (κ1) is 10.6. The highest BCUT2D eigenvalue weighted by molar-refractivity contribution is 9.11. The molecule has 0 saturated carbocycles. The lowest BCUT2D eigenvalue weighted by Gasteiger charge is -2.06. The summed E-state index contributed by atoms with van der Waals surface area (Å²) >= 11 is 6.62. The summed E-state index contributed by atoms with van der Waals surface area (Å²) in [6.45, 7) is 4.36. The van der Waals surface area contributed by atoms with Gasteiger partial charge in [-0.2, -0.15) is 0 Å². The molecule has 0 spiro atoms. The van der Waals surface area contributed by atoms with Crippen LogP contribution in [0.15, 0.2) is 34.3 Å². The lowest BCUT2D eigenvalue weighted by atomic mass is 10.5. The highest BCUT2D eigenvalue weighted by Crippen LogP contribution is 2.17. The number of hydrogen-bond donors (Lipinski definition) is 1. The number of rotatable bonds is 3. The highest BCUT2D eigenvalue weighted by Gasteiger charge is 2.05. The third-order valence-corrected chi connectivity index (χ3v) is 2.45. The van der Waals surface area contributed by atoms with Crippen LogP contribution in [0.1, 0.15) is 0 Å². The van der Waals surface area contributed by atoms with Gasteiger partial charge in [-0.3, -0.25) is 0 Å². The molecular formula is C9H8Br2N4. The first-order valence-electron chi connectivity index (χ1n) is 4.23. The molecule has 6 heteroatoms. The van der Waals surface area contributed by atoms with Gasteiger partial charge in [0, 0.05) is 29.6 Å². The van der Waals surface area contributed by atoms with Crippen molar-refractivity contribution in [2.24, 2.45) is 0 Å². The van der Waals surface area contributed by atoms with Gasteiger partial charge >= 0.3 is 0 Å². The van der Waals surface area contributed by atoms with Crippen LogP contribution in [0, 0.1) is 0 Å². The van der Waals surface area contributed by atoms with Crippen molar-refractivity contribution in [3.05, 3.63) is 34.3 Å². The van der Waals surface area contributed by atoms with Gasteiger partial charge in [0.2, 0.25) is 0 Å². The van der Waals surface area contributed by atoms with E-state index in [4.69, 9.17) is 0 Å². The van der Waals surface area contributed by atoms with E-state index in [0.29, 0.717) is 6.54 Å². The Labute approximate surface area is 104 Å². The first-order valence-corrected chi connectivity index (χ1v) is 5.82. The lowest BCUT2D eigenvalue weighted by Crippen LogP contribution is -2.05. The zero-order chi connectivity index (χ0) is 10.8. The van der Waals surface area contributed by atoms with Crippen molar-refractivity contribution in [3.63, 3.8) is 0 Å². The Morgan fingerprint density at radius 1 is 1.60 bits per heavy atom. The molecule has 0 radical (unpaired) electrons. The second-order valence-electron chi connectivity index (χ2n) is 2.94. The van der Waals surface area contributed by atoms with Gasteiger partial charge in [-0.25, -0.2) is 9.97 Å². The molecule has 2 rings (SSSR count). The van der Waals surface area contributed by atoms with E-state index in [1.165, 1.54) is 0 Å². The van der Waals surface area contributed by atoms with E-state index in [0.717, 1.165) is 20.6 Å². The third kappa shape index (κ3) is 2.38. The van der Waals surface area contributed by atoms with Crippen molar-refractivity contribution >= 4 is 43.3 Å². The van der Waals surface area contributed by atoms with E-state index in [2.05, 4.69) is 53.7 Å². The van der Waals surface area contributed by atoms with E-state index in [1.54, 1.807) is 6.20 Å². The summed E-state index contributed by atoms with van der Waals surface area (Å²) in [5.74, 6) is 0.731. The number of anilines is 1. The molecule has 15 heavy (non-hydrogen) atoms. The highest BCUT2D eigenvalue weighted by atomic mass is 79.9. The van der Waals surface area contributed by atoms with Crippen LogP contribution in [0.25, 0.3) is 5.65 Å². The lowest BCUT2D eigenvalue weighted by molar-refractivity contribution is 1.09. The van der Waals surface area contributed by atoms with Crippen LogP contribution < -0.4 is 5.32 Å². The number of imidazole rings is 1. The zero-order valence-electron chi connectivity index (χ0n) is 7.74. The molecule has 0 saturated heterocycles. The standard InChI is InChI=1S/C9H8Br2N4/c1-6(10)4-13-8-9-12-2-3-15(9)5-7(11)14-8/h2-3,5H,1,4H2,(H,13,14). The number of nitrogens with one attached hydrogen (secondary N) is 1. The molecule has 0 aliphatic heterocycles. The maximum absolute atomic E-state index is 4.31. The molecule has 2 aromatic rings. The Kier molecular flexibility index (Phi) is 3.06. The molecule has 0 aliphatic rings. The number of nitrogens with zero attached hydrogens (tertiary/aromatic N) is 3. The molecule has 1 N–H and O–H groups in total. The van der Waals surface area contributed by atoms with E-state index < -0.39 is 0 Å². The van der Waals surface area contributed by atoms with E-state index in [1.807, 2.05) is 16.8 Å². The van der Waals surface area contributed by atoms with Gasteiger partial charge in [0.05, 0.1) is 0 Å². The molecule has 0 fully saturated rings. The average molecular weight is 332 g/mol. The van der Waals surface area contributed by atoms with Crippen LogP contribution >= 0.6 is 31.9 Å². The molecule has 0 unspecified atom stereocenters. The Balaban J connectivity index is 2.39. The van der Waals surface area contributed by atoms with E-state index in [-0.39, 0.29) is 0 Å². The molecular weight excluding hydrogens is 324 g/mol. The molecule has 0 bridgehead atoms. The summed E-state index contributed by atoms with van der Waals surface area (Å²) in [5, 5.41) is 3.14. The zero-order valence-corrected chi connectivity index (χ0v) is 10.9. The summed E-state index contributed by atoms with van der Waals surface area (Å²) in [6, 6.07) is 0. The van der Waals surface area contributed by atoms with Crippen molar-refractivity contribution in [1.29, 1.82) is 0 Å². The van der Waals surface area contributed by atoms with Gasteiger partial charge < -0.3 is 9.72 Å². The van der Waals surface area contributed by atoms with Gasteiger partial charge in [-0.05, 0) is 15.9 Å². The fourth-order valence-corrected chi connectivity index (χ4v) is 1.74. The monoisotopic (exact) mass is 330 g/mol. The molecule has 2 aromatic heterocycles. The summed E-state index contributed by atoms with van der Waals surface area (Å²) in [6.07, 6.45) is 5.46. The molecule has 78 valence electrons. The Bertz CT molecular complexity index is 506. The van der Waals surface area contributed by atoms with Gasteiger partial charge in [-0.1, -0.05) is 22.5 Å². The predicted molar refractivity (Wildman–Crippen MR) is 67.2 cm³/mol. The SMILES string of the molecule is C=C(Br)CNc1nc(Br)cn2ccnc12. The van der Waals surface area contributed by atoms with Crippen LogP contribution in [0.2, 0.25) is 0 Å². The molecule has 0 amide bonds.